The zero-order chi connectivity index (χ0) is 35.7. The number of aliphatic hydroxyl groups excluding tert-OH is 1. The van der Waals surface area contributed by atoms with Gasteiger partial charge in [-0.2, -0.15) is 0 Å². The van der Waals surface area contributed by atoms with E-state index in [9.17, 15) is 29.1 Å². The van der Waals surface area contributed by atoms with Crippen LogP contribution >= 0.6 is 0 Å². The van der Waals surface area contributed by atoms with E-state index in [1.165, 1.54) is 18.6 Å². The average molecular weight is 682 g/mol. The van der Waals surface area contributed by atoms with Crippen molar-refractivity contribution >= 4 is 29.5 Å². The van der Waals surface area contributed by atoms with Crippen LogP contribution in [-0.4, -0.2) is 92.4 Å². The fraction of sp³-hybridized carbons (Fsp3) is 0.750. The molecule has 4 fully saturated rings. The van der Waals surface area contributed by atoms with Crippen LogP contribution < -0.4 is 21.3 Å². The second-order valence-corrected chi connectivity index (χ2v) is 16.3. The van der Waals surface area contributed by atoms with Crippen LogP contribution in [0.25, 0.3) is 0 Å². The van der Waals surface area contributed by atoms with E-state index in [0.717, 1.165) is 44.9 Å². The van der Waals surface area contributed by atoms with Crippen molar-refractivity contribution in [2.75, 3.05) is 6.54 Å². The van der Waals surface area contributed by atoms with Gasteiger partial charge in [0.15, 0.2) is 6.10 Å². The molecule has 1 unspecified atom stereocenters. The molecule has 1 aromatic rings. The van der Waals surface area contributed by atoms with Crippen molar-refractivity contribution in [3.8, 4) is 0 Å². The number of fused-ring (bicyclic) bond motifs is 1. The number of nitrogens with one attached hydrogen (secondary N) is 4. The van der Waals surface area contributed by atoms with Gasteiger partial charge in [0, 0.05) is 25.0 Å². The number of aromatic nitrogens is 2. The molecule has 2 heterocycles. The highest BCUT2D eigenvalue weighted by Gasteiger charge is 2.70. The summed E-state index contributed by atoms with van der Waals surface area (Å²) in [4.78, 5) is 78.3. The Morgan fingerprint density at radius 3 is 2.27 bits per heavy atom. The number of likely N-dealkylation sites (tertiary alicyclic amines) is 1. The second-order valence-electron chi connectivity index (χ2n) is 16.3. The van der Waals surface area contributed by atoms with Crippen LogP contribution in [0.5, 0.6) is 0 Å². The van der Waals surface area contributed by atoms with E-state index >= 15 is 0 Å². The fourth-order valence-corrected chi connectivity index (χ4v) is 7.94. The Hall–Kier alpha value is -3.61. The van der Waals surface area contributed by atoms with Crippen LogP contribution in [0.4, 0.5) is 0 Å². The zero-order valence-corrected chi connectivity index (χ0v) is 29.8. The van der Waals surface area contributed by atoms with Gasteiger partial charge in [0.25, 0.3) is 11.8 Å². The van der Waals surface area contributed by atoms with Gasteiger partial charge in [-0.15, -0.1) is 0 Å². The van der Waals surface area contributed by atoms with E-state index < -0.39 is 59.3 Å². The lowest BCUT2D eigenvalue weighted by molar-refractivity contribution is -0.146. The van der Waals surface area contributed by atoms with Gasteiger partial charge >= 0.3 is 0 Å². The van der Waals surface area contributed by atoms with Gasteiger partial charge < -0.3 is 31.3 Å². The Labute approximate surface area is 289 Å². The molecule has 5 rings (SSSR count). The normalized spacial score (nSPS) is 25.6. The van der Waals surface area contributed by atoms with Crippen LogP contribution in [0.2, 0.25) is 0 Å². The monoisotopic (exact) mass is 681 g/mol. The van der Waals surface area contributed by atoms with E-state index in [-0.39, 0.29) is 40.8 Å². The van der Waals surface area contributed by atoms with Crippen LogP contribution in [0.1, 0.15) is 110 Å². The van der Waals surface area contributed by atoms with Crippen molar-refractivity contribution in [3.63, 3.8) is 0 Å². The maximum absolute atomic E-state index is 14.6. The summed E-state index contributed by atoms with van der Waals surface area (Å²) in [5.74, 6) is -2.35. The number of carbonyl (C=O) groups excluding carboxylic acids is 5. The number of amides is 5. The summed E-state index contributed by atoms with van der Waals surface area (Å²) in [6.45, 7) is 12.0. The quantitative estimate of drug-likeness (QED) is 0.210. The Balaban J connectivity index is 1.35. The third-order valence-corrected chi connectivity index (χ3v) is 11.1. The summed E-state index contributed by atoms with van der Waals surface area (Å²) in [7, 11) is 0. The predicted octanol–water partition coefficient (Wildman–Crippen LogP) is 2.09. The molecule has 4 aliphatic rings. The molecule has 0 spiro atoms. The van der Waals surface area contributed by atoms with Gasteiger partial charge in [-0.25, -0.2) is 4.98 Å². The van der Waals surface area contributed by atoms with E-state index in [0.29, 0.717) is 19.4 Å². The number of carbonyl (C=O) groups is 5. The van der Waals surface area contributed by atoms with E-state index in [1.807, 2.05) is 27.7 Å². The molecule has 49 heavy (non-hydrogen) atoms. The summed E-state index contributed by atoms with van der Waals surface area (Å²) in [5.41, 5.74) is -0.800. The Kier molecular flexibility index (Phi) is 11.0. The molecule has 1 saturated heterocycles. The first-order chi connectivity index (χ1) is 23.1. The summed E-state index contributed by atoms with van der Waals surface area (Å²) in [6.07, 6.45) is 10.1. The molecule has 0 radical (unpaired) electrons. The molecule has 270 valence electrons. The molecule has 13 heteroatoms. The summed E-state index contributed by atoms with van der Waals surface area (Å²) in [6, 6.07) is -3.43. The molecule has 3 aliphatic carbocycles. The van der Waals surface area contributed by atoms with Crippen LogP contribution in [0, 0.1) is 28.6 Å². The lowest BCUT2D eigenvalue weighted by Gasteiger charge is -2.39. The molecule has 1 aliphatic heterocycles. The Morgan fingerprint density at radius 2 is 1.67 bits per heavy atom. The second kappa shape index (κ2) is 14.7. The molecule has 7 atom stereocenters. The lowest BCUT2D eigenvalue weighted by atomic mass is 9.82. The van der Waals surface area contributed by atoms with Crippen molar-refractivity contribution in [1.29, 1.82) is 0 Å². The van der Waals surface area contributed by atoms with Gasteiger partial charge in [0.05, 0.1) is 12.2 Å². The van der Waals surface area contributed by atoms with Crippen molar-refractivity contribution in [2.24, 2.45) is 28.6 Å². The third-order valence-electron chi connectivity index (χ3n) is 11.1. The minimum Gasteiger partial charge on any atom is -0.381 e. The maximum Gasteiger partial charge on any atom is 0.272 e. The van der Waals surface area contributed by atoms with Crippen molar-refractivity contribution in [2.45, 2.75) is 136 Å². The number of hydrogen-bond acceptors (Lipinski definition) is 8. The Bertz CT molecular complexity index is 1390. The summed E-state index contributed by atoms with van der Waals surface area (Å²) >= 11 is 0. The number of aliphatic hydroxyl groups is 1. The Morgan fingerprint density at radius 1 is 0.980 bits per heavy atom. The van der Waals surface area contributed by atoms with E-state index in [2.05, 4.69) is 45.1 Å². The molecular formula is C36H55N7O6. The molecule has 3 saturated carbocycles. The first-order valence-corrected chi connectivity index (χ1v) is 18.1. The van der Waals surface area contributed by atoms with Crippen molar-refractivity contribution in [3.05, 3.63) is 24.3 Å². The number of piperidine rings is 1. The van der Waals surface area contributed by atoms with Gasteiger partial charge in [-0.3, -0.25) is 29.0 Å². The highest BCUT2D eigenvalue weighted by atomic mass is 16.3. The van der Waals surface area contributed by atoms with Gasteiger partial charge in [0.2, 0.25) is 17.7 Å². The number of rotatable bonds is 13. The first-order valence-electron chi connectivity index (χ1n) is 18.1. The van der Waals surface area contributed by atoms with E-state index in [1.54, 1.807) is 4.90 Å². The zero-order valence-electron chi connectivity index (χ0n) is 29.8. The van der Waals surface area contributed by atoms with E-state index in [4.69, 9.17) is 0 Å². The average Bonchev–Trinajstić information content (AvgIpc) is 3.92. The topological polar surface area (TPSA) is 183 Å². The van der Waals surface area contributed by atoms with Gasteiger partial charge in [-0.1, -0.05) is 67.2 Å². The summed E-state index contributed by atoms with van der Waals surface area (Å²) in [5, 5.41) is 22.6. The predicted molar refractivity (Wildman–Crippen MR) is 182 cm³/mol. The molecule has 5 amide bonds. The van der Waals surface area contributed by atoms with Crippen LogP contribution in [0.3, 0.4) is 0 Å². The number of hydrogen-bond donors (Lipinski definition) is 5. The smallest absolute Gasteiger partial charge is 0.272 e. The van der Waals surface area contributed by atoms with Gasteiger partial charge in [0.1, 0.15) is 23.8 Å². The largest absolute Gasteiger partial charge is 0.381 e. The molecule has 1 aromatic heterocycles. The first kappa shape index (κ1) is 36.7. The molecule has 0 bridgehead atoms. The lowest BCUT2D eigenvalue weighted by Crippen LogP contribution is -2.63. The van der Waals surface area contributed by atoms with Crippen LogP contribution in [0.15, 0.2) is 18.6 Å². The fourth-order valence-electron chi connectivity index (χ4n) is 7.94. The van der Waals surface area contributed by atoms with Crippen molar-refractivity contribution in [1.82, 2.24) is 36.1 Å². The molecule has 0 aromatic carbocycles. The molecule has 13 nitrogen and oxygen atoms in total. The standard InChI is InChI=1S/C36H55N7O6/c1-7-11-23(28(44)33(48)39-21-14-15-21)40-32(47)27-25-22(36(25,5)6)19-43(27)34(49)29(35(2,3)4)42-31(46)26(20-12-9-8-10-13-20)41-30(45)24-18-37-16-17-38-24/h16-18,20-23,25-29,44H,7-15,19H2,1-6H3,(H,39,48)(H,40,47)(H,41,45)(H,42,46)/t22-,23-,25-,26-,27-,28?,29+/m0/s1. The highest BCUT2D eigenvalue weighted by Crippen LogP contribution is 2.65. The molecular weight excluding hydrogens is 626 g/mol. The maximum atomic E-state index is 14.6. The highest BCUT2D eigenvalue weighted by molar-refractivity contribution is 5.98. The minimum absolute atomic E-state index is 0.0682. The minimum atomic E-state index is -1.41. The van der Waals surface area contributed by atoms with Crippen molar-refractivity contribution < 1.29 is 29.1 Å². The SMILES string of the molecule is CCC[C@H](NC(=O)[C@@H]1[C@@H]2[C@H](CN1C(=O)[C@@H](NC(=O)[C@@H](NC(=O)c1cnccn1)C1CCCCC1)C(C)(C)C)C2(C)C)C(O)C(=O)NC1CC1. The third kappa shape index (κ3) is 8.24. The molecule has 5 N–H and O–H groups in total. The van der Waals surface area contributed by atoms with Gasteiger partial charge in [-0.05, 0) is 60.7 Å². The van der Waals surface area contributed by atoms with Crippen LogP contribution in [-0.2, 0) is 19.2 Å². The summed E-state index contributed by atoms with van der Waals surface area (Å²) < 4.78 is 0. The number of nitrogens with zero attached hydrogens (tertiary/aromatic N) is 3.